The van der Waals surface area contributed by atoms with E-state index >= 15 is 0 Å². The average Bonchev–Trinajstić information content (AvgIpc) is 2.22. The summed E-state index contributed by atoms with van der Waals surface area (Å²) in [6, 6.07) is 8.54. The lowest BCUT2D eigenvalue weighted by atomic mass is 10.2. The van der Waals surface area contributed by atoms with Gasteiger partial charge in [0.15, 0.2) is 0 Å². The number of benzene rings is 1. The molecule has 1 aromatic rings. The molecule has 15 heavy (non-hydrogen) atoms. The first kappa shape index (κ1) is 12.9. The minimum Gasteiger partial charge on any atom is -0.313 e. The predicted molar refractivity (Wildman–Crippen MR) is 69.9 cm³/mol. The lowest BCUT2D eigenvalue weighted by molar-refractivity contribution is 0.563. The van der Waals surface area contributed by atoms with E-state index in [4.69, 9.17) is 11.6 Å². The molecule has 0 saturated heterocycles. The maximum absolute atomic E-state index is 5.84. The first-order chi connectivity index (χ1) is 7.13. The Kier molecular flexibility index (Phi) is 5.51. The molecule has 84 valence electrons. The van der Waals surface area contributed by atoms with Gasteiger partial charge in [0, 0.05) is 21.2 Å². The summed E-state index contributed by atoms with van der Waals surface area (Å²) in [6.07, 6.45) is 0. The monoisotopic (exact) mass is 243 g/mol. The first-order valence-electron chi connectivity index (χ1n) is 5.29. The average molecular weight is 244 g/mol. The van der Waals surface area contributed by atoms with Crippen molar-refractivity contribution in [1.29, 1.82) is 0 Å². The Bertz CT molecular complexity index is 286. The molecule has 0 radical (unpaired) electrons. The maximum Gasteiger partial charge on any atom is 0.0406 e. The van der Waals surface area contributed by atoms with Crippen LogP contribution in [0.15, 0.2) is 29.2 Å². The van der Waals surface area contributed by atoms with Gasteiger partial charge in [0.2, 0.25) is 0 Å². The van der Waals surface area contributed by atoms with Crippen molar-refractivity contribution in [3.63, 3.8) is 0 Å². The highest BCUT2D eigenvalue weighted by Crippen LogP contribution is 2.26. The summed E-state index contributed by atoms with van der Waals surface area (Å²) >= 11 is 7.72. The Morgan fingerprint density at radius 2 is 1.87 bits per heavy atom. The van der Waals surface area contributed by atoms with E-state index in [0.717, 1.165) is 11.6 Å². The minimum absolute atomic E-state index is 0.524. The van der Waals surface area contributed by atoms with Crippen molar-refractivity contribution in [2.75, 3.05) is 6.54 Å². The largest absolute Gasteiger partial charge is 0.313 e. The van der Waals surface area contributed by atoms with Crippen LogP contribution in [0.4, 0.5) is 0 Å². The topological polar surface area (TPSA) is 12.0 Å². The Balaban J connectivity index is 2.50. The number of hydrogen-bond donors (Lipinski definition) is 1. The van der Waals surface area contributed by atoms with Crippen LogP contribution in [0.1, 0.15) is 20.8 Å². The van der Waals surface area contributed by atoms with Crippen LogP contribution in [-0.4, -0.2) is 17.8 Å². The van der Waals surface area contributed by atoms with Gasteiger partial charge in [-0.3, -0.25) is 0 Å². The summed E-state index contributed by atoms with van der Waals surface area (Å²) in [5.74, 6) is 0. The van der Waals surface area contributed by atoms with E-state index in [1.54, 1.807) is 0 Å². The van der Waals surface area contributed by atoms with Crippen LogP contribution in [0.2, 0.25) is 5.02 Å². The SMILES string of the molecule is CCNC(C)C(C)Sc1ccc(Cl)cc1. The van der Waals surface area contributed by atoms with Crippen LogP contribution >= 0.6 is 23.4 Å². The fourth-order valence-corrected chi connectivity index (χ4v) is 2.47. The van der Waals surface area contributed by atoms with E-state index in [9.17, 15) is 0 Å². The normalized spacial score (nSPS) is 14.9. The Morgan fingerprint density at radius 1 is 1.27 bits per heavy atom. The van der Waals surface area contributed by atoms with Gasteiger partial charge in [-0.25, -0.2) is 0 Å². The summed E-state index contributed by atoms with van der Waals surface area (Å²) in [7, 11) is 0. The molecule has 0 saturated carbocycles. The molecule has 0 aliphatic rings. The van der Waals surface area contributed by atoms with Gasteiger partial charge in [-0.2, -0.15) is 0 Å². The molecule has 0 amide bonds. The zero-order valence-corrected chi connectivity index (χ0v) is 11.0. The number of halogens is 1. The van der Waals surface area contributed by atoms with Crippen LogP contribution in [0.5, 0.6) is 0 Å². The molecule has 0 spiro atoms. The predicted octanol–water partition coefficient (Wildman–Crippen LogP) is 3.82. The first-order valence-corrected chi connectivity index (χ1v) is 6.55. The Labute approximate surface area is 102 Å². The van der Waals surface area contributed by atoms with Crippen molar-refractivity contribution in [1.82, 2.24) is 5.32 Å². The van der Waals surface area contributed by atoms with Crippen LogP contribution < -0.4 is 5.32 Å². The van der Waals surface area contributed by atoms with Crippen LogP contribution in [0.25, 0.3) is 0 Å². The van der Waals surface area contributed by atoms with Crippen LogP contribution in [-0.2, 0) is 0 Å². The summed E-state index contributed by atoms with van der Waals surface area (Å²) in [5, 5.41) is 4.79. The summed E-state index contributed by atoms with van der Waals surface area (Å²) in [6.45, 7) is 7.62. The molecule has 2 atom stereocenters. The van der Waals surface area contributed by atoms with Crippen LogP contribution in [0.3, 0.4) is 0 Å². The van der Waals surface area contributed by atoms with Gasteiger partial charge in [-0.1, -0.05) is 25.4 Å². The molecule has 0 bridgehead atoms. The molecule has 0 heterocycles. The van der Waals surface area contributed by atoms with E-state index in [2.05, 4.69) is 38.2 Å². The summed E-state index contributed by atoms with van der Waals surface area (Å²) < 4.78 is 0. The fraction of sp³-hybridized carbons (Fsp3) is 0.500. The van der Waals surface area contributed by atoms with Crippen LogP contribution in [0, 0.1) is 0 Å². The number of rotatable bonds is 5. The molecule has 3 heteroatoms. The Hall–Kier alpha value is -0.180. The van der Waals surface area contributed by atoms with E-state index in [1.165, 1.54) is 4.90 Å². The van der Waals surface area contributed by atoms with E-state index < -0.39 is 0 Å². The van der Waals surface area contributed by atoms with Crippen molar-refractivity contribution < 1.29 is 0 Å². The number of nitrogens with one attached hydrogen (secondary N) is 1. The second-order valence-electron chi connectivity index (χ2n) is 3.62. The van der Waals surface area contributed by atoms with Crippen molar-refractivity contribution in [3.8, 4) is 0 Å². The molecule has 1 N–H and O–H groups in total. The van der Waals surface area contributed by atoms with Gasteiger partial charge in [0.25, 0.3) is 0 Å². The zero-order valence-electron chi connectivity index (χ0n) is 9.46. The van der Waals surface area contributed by atoms with Crippen molar-refractivity contribution in [2.45, 2.75) is 37.0 Å². The molecule has 0 aliphatic carbocycles. The second kappa shape index (κ2) is 6.41. The highest BCUT2D eigenvalue weighted by molar-refractivity contribution is 8.00. The van der Waals surface area contributed by atoms with E-state index in [-0.39, 0.29) is 0 Å². The summed E-state index contributed by atoms with van der Waals surface area (Å²) in [5.41, 5.74) is 0. The molecule has 1 nitrogen and oxygen atoms in total. The quantitative estimate of drug-likeness (QED) is 0.790. The number of thioether (sulfide) groups is 1. The molecule has 0 aliphatic heterocycles. The van der Waals surface area contributed by atoms with Crippen molar-refractivity contribution in [2.24, 2.45) is 0 Å². The van der Waals surface area contributed by atoms with Gasteiger partial charge in [-0.15, -0.1) is 11.8 Å². The third kappa shape index (κ3) is 4.45. The molecule has 0 fully saturated rings. The van der Waals surface area contributed by atoms with Gasteiger partial charge >= 0.3 is 0 Å². The highest BCUT2D eigenvalue weighted by atomic mass is 35.5. The lowest BCUT2D eigenvalue weighted by Crippen LogP contribution is -2.33. The van der Waals surface area contributed by atoms with Crippen molar-refractivity contribution in [3.05, 3.63) is 29.3 Å². The Morgan fingerprint density at radius 3 is 2.40 bits per heavy atom. The molecule has 0 aromatic heterocycles. The van der Waals surface area contributed by atoms with Gasteiger partial charge in [0.1, 0.15) is 0 Å². The minimum atomic E-state index is 0.524. The van der Waals surface area contributed by atoms with Gasteiger partial charge in [0.05, 0.1) is 0 Å². The summed E-state index contributed by atoms with van der Waals surface area (Å²) in [4.78, 5) is 1.27. The molecule has 2 unspecified atom stereocenters. The van der Waals surface area contributed by atoms with E-state index in [0.29, 0.717) is 11.3 Å². The molecule has 1 rings (SSSR count). The molecular formula is C12H18ClNS. The molecular weight excluding hydrogens is 226 g/mol. The smallest absolute Gasteiger partial charge is 0.0406 e. The number of hydrogen-bond acceptors (Lipinski definition) is 2. The standard InChI is InChI=1S/C12H18ClNS/c1-4-14-9(2)10(3)15-12-7-5-11(13)6-8-12/h5-10,14H,4H2,1-3H3. The maximum atomic E-state index is 5.84. The van der Waals surface area contributed by atoms with Crippen molar-refractivity contribution >= 4 is 23.4 Å². The van der Waals surface area contributed by atoms with Gasteiger partial charge in [-0.05, 0) is 37.7 Å². The second-order valence-corrected chi connectivity index (χ2v) is 5.51. The zero-order chi connectivity index (χ0) is 11.3. The van der Waals surface area contributed by atoms with Gasteiger partial charge < -0.3 is 5.32 Å². The molecule has 1 aromatic carbocycles. The highest BCUT2D eigenvalue weighted by Gasteiger charge is 2.11. The third-order valence-electron chi connectivity index (χ3n) is 2.37. The van der Waals surface area contributed by atoms with E-state index in [1.807, 2.05) is 23.9 Å². The fourth-order valence-electron chi connectivity index (χ4n) is 1.32. The third-order valence-corrected chi connectivity index (χ3v) is 3.94. The lowest BCUT2D eigenvalue weighted by Gasteiger charge is -2.20.